The molecule has 0 aromatic carbocycles. The number of aromatic nitrogens is 2. The highest BCUT2D eigenvalue weighted by atomic mass is 16.2. The summed E-state index contributed by atoms with van der Waals surface area (Å²) in [6.07, 6.45) is 9.54. The molecular formula is C13H21N3O. The molecule has 1 aromatic rings. The molecule has 94 valence electrons. The van der Waals surface area contributed by atoms with Crippen LogP contribution in [0.15, 0.2) is 12.4 Å². The third-order valence-corrected chi connectivity index (χ3v) is 3.54. The standard InChI is InChI=1S/C13H21N3O/c1-15(9-12-8-14-16(2)10-12)13(17)7-11-5-3-4-6-11/h8,10-11H,3-7,9H2,1-2H3. The van der Waals surface area contributed by atoms with Crippen molar-refractivity contribution in [3.63, 3.8) is 0 Å². The van der Waals surface area contributed by atoms with Crippen molar-refractivity contribution in [2.24, 2.45) is 13.0 Å². The first-order valence-corrected chi connectivity index (χ1v) is 6.36. The molecule has 1 aliphatic rings. The molecule has 0 atom stereocenters. The van der Waals surface area contributed by atoms with Gasteiger partial charge in [0, 0.05) is 38.8 Å². The second-order valence-electron chi connectivity index (χ2n) is 5.13. The normalized spacial score (nSPS) is 16.4. The van der Waals surface area contributed by atoms with Crippen molar-refractivity contribution in [1.82, 2.24) is 14.7 Å². The average molecular weight is 235 g/mol. The first-order valence-electron chi connectivity index (χ1n) is 6.36. The Bertz CT molecular complexity index is 380. The van der Waals surface area contributed by atoms with Gasteiger partial charge in [0.05, 0.1) is 6.20 Å². The fourth-order valence-electron chi connectivity index (χ4n) is 2.53. The Kier molecular flexibility index (Phi) is 3.82. The molecule has 4 nitrogen and oxygen atoms in total. The molecule has 2 rings (SSSR count). The zero-order valence-electron chi connectivity index (χ0n) is 10.7. The lowest BCUT2D eigenvalue weighted by Gasteiger charge is -2.18. The molecule has 0 unspecified atom stereocenters. The van der Waals surface area contributed by atoms with E-state index in [0.717, 1.165) is 12.0 Å². The van der Waals surface area contributed by atoms with E-state index in [9.17, 15) is 4.79 Å². The fraction of sp³-hybridized carbons (Fsp3) is 0.692. The molecule has 1 aliphatic carbocycles. The third-order valence-electron chi connectivity index (χ3n) is 3.54. The number of aryl methyl sites for hydroxylation is 1. The van der Waals surface area contributed by atoms with E-state index in [-0.39, 0.29) is 5.91 Å². The molecule has 0 saturated heterocycles. The summed E-state index contributed by atoms with van der Waals surface area (Å²) < 4.78 is 1.77. The monoisotopic (exact) mass is 235 g/mol. The van der Waals surface area contributed by atoms with Crippen LogP contribution in [0.2, 0.25) is 0 Å². The Morgan fingerprint density at radius 2 is 2.24 bits per heavy atom. The topological polar surface area (TPSA) is 38.1 Å². The Hall–Kier alpha value is -1.32. The molecule has 1 heterocycles. The SMILES string of the molecule is CN(Cc1cnn(C)c1)C(=O)CC1CCCC1. The molecule has 4 heteroatoms. The Morgan fingerprint density at radius 3 is 2.82 bits per heavy atom. The third kappa shape index (κ3) is 3.32. The van der Waals surface area contributed by atoms with Crippen LogP contribution in [-0.4, -0.2) is 27.6 Å². The first-order chi connectivity index (χ1) is 8.15. The van der Waals surface area contributed by atoms with Crippen LogP contribution in [0.1, 0.15) is 37.7 Å². The minimum atomic E-state index is 0.265. The molecule has 0 bridgehead atoms. The summed E-state index contributed by atoms with van der Waals surface area (Å²) in [5.41, 5.74) is 1.09. The van der Waals surface area contributed by atoms with Gasteiger partial charge in [-0.3, -0.25) is 9.48 Å². The van der Waals surface area contributed by atoms with Crippen LogP contribution in [0.25, 0.3) is 0 Å². The van der Waals surface area contributed by atoms with Gasteiger partial charge in [-0.05, 0) is 18.8 Å². The summed E-state index contributed by atoms with van der Waals surface area (Å²) in [6.45, 7) is 0.666. The smallest absolute Gasteiger partial charge is 0.222 e. The summed E-state index contributed by atoms with van der Waals surface area (Å²) in [7, 11) is 3.77. The van der Waals surface area contributed by atoms with E-state index < -0.39 is 0 Å². The van der Waals surface area contributed by atoms with Gasteiger partial charge >= 0.3 is 0 Å². The van der Waals surface area contributed by atoms with Crippen LogP contribution >= 0.6 is 0 Å². The highest BCUT2D eigenvalue weighted by molar-refractivity contribution is 5.76. The van der Waals surface area contributed by atoms with Gasteiger partial charge in [-0.1, -0.05) is 12.8 Å². The van der Waals surface area contributed by atoms with Crippen molar-refractivity contribution in [2.75, 3.05) is 7.05 Å². The quantitative estimate of drug-likeness (QED) is 0.800. The van der Waals surface area contributed by atoms with Crippen LogP contribution in [-0.2, 0) is 18.4 Å². The molecule has 1 saturated carbocycles. The van der Waals surface area contributed by atoms with Gasteiger partial charge in [-0.15, -0.1) is 0 Å². The maximum atomic E-state index is 12.0. The molecule has 0 spiro atoms. The Labute approximate surface area is 103 Å². The number of amides is 1. The van der Waals surface area contributed by atoms with Gasteiger partial charge < -0.3 is 4.90 Å². The minimum Gasteiger partial charge on any atom is -0.341 e. The Morgan fingerprint density at radius 1 is 1.53 bits per heavy atom. The van der Waals surface area contributed by atoms with Gasteiger partial charge in [0.2, 0.25) is 5.91 Å². The number of carbonyl (C=O) groups is 1. The number of carbonyl (C=O) groups excluding carboxylic acids is 1. The summed E-state index contributed by atoms with van der Waals surface area (Å²) in [6, 6.07) is 0. The molecule has 1 amide bonds. The van der Waals surface area contributed by atoms with Gasteiger partial charge in [-0.25, -0.2) is 0 Å². The maximum Gasteiger partial charge on any atom is 0.222 e. The summed E-state index contributed by atoms with van der Waals surface area (Å²) in [4.78, 5) is 13.8. The molecule has 0 aliphatic heterocycles. The Balaban J connectivity index is 1.82. The van der Waals surface area contributed by atoms with Gasteiger partial charge in [-0.2, -0.15) is 5.10 Å². The molecule has 0 N–H and O–H groups in total. The van der Waals surface area contributed by atoms with Crippen molar-refractivity contribution in [3.05, 3.63) is 18.0 Å². The van der Waals surface area contributed by atoms with Gasteiger partial charge in [0.25, 0.3) is 0 Å². The molecule has 1 aromatic heterocycles. The van der Waals surface area contributed by atoms with E-state index in [4.69, 9.17) is 0 Å². The van der Waals surface area contributed by atoms with E-state index in [1.54, 1.807) is 4.68 Å². The zero-order chi connectivity index (χ0) is 12.3. The van der Waals surface area contributed by atoms with Crippen LogP contribution in [0.4, 0.5) is 0 Å². The largest absolute Gasteiger partial charge is 0.341 e. The van der Waals surface area contributed by atoms with E-state index in [1.165, 1.54) is 25.7 Å². The summed E-state index contributed by atoms with van der Waals surface area (Å²) >= 11 is 0. The van der Waals surface area contributed by atoms with E-state index in [2.05, 4.69) is 5.10 Å². The van der Waals surface area contributed by atoms with Crippen LogP contribution in [0.5, 0.6) is 0 Å². The number of hydrogen-bond acceptors (Lipinski definition) is 2. The van der Waals surface area contributed by atoms with Crippen molar-refractivity contribution >= 4 is 5.91 Å². The van der Waals surface area contributed by atoms with Crippen LogP contribution < -0.4 is 0 Å². The van der Waals surface area contributed by atoms with Crippen molar-refractivity contribution in [3.8, 4) is 0 Å². The highest BCUT2D eigenvalue weighted by Crippen LogP contribution is 2.28. The molecular weight excluding hydrogens is 214 g/mol. The van der Waals surface area contributed by atoms with E-state index >= 15 is 0 Å². The summed E-state index contributed by atoms with van der Waals surface area (Å²) in [5, 5.41) is 4.11. The second kappa shape index (κ2) is 5.34. The lowest BCUT2D eigenvalue weighted by Crippen LogP contribution is -2.27. The number of hydrogen-bond donors (Lipinski definition) is 0. The lowest BCUT2D eigenvalue weighted by atomic mass is 10.0. The van der Waals surface area contributed by atoms with Crippen molar-refractivity contribution in [2.45, 2.75) is 38.6 Å². The minimum absolute atomic E-state index is 0.265. The second-order valence-corrected chi connectivity index (χ2v) is 5.13. The van der Waals surface area contributed by atoms with E-state index in [0.29, 0.717) is 12.5 Å². The molecule has 1 fully saturated rings. The predicted molar refractivity (Wildman–Crippen MR) is 66.3 cm³/mol. The molecule has 17 heavy (non-hydrogen) atoms. The highest BCUT2D eigenvalue weighted by Gasteiger charge is 2.20. The predicted octanol–water partition coefficient (Wildman–Crippen LogP) is 1.96. The first kappa shape index (κ1) is 12.1. The van der Waals surface area contributed by atoms with Gasteiger partial charge in [0.15, 0.2) is 0 Å². The van der Waals surface area contributed by atoms with Crippen LogP contribution in [0, 0.1) is 5.92 Å². The fourth-order valence-corrected chi connectivity index (χ4v) is 2.53. The van der Waals surface area contributed by atoms with Crippen molar-refractivity contribution < 1.29 is 4.79 Å². The average Bonchev–Trinajstić information content (AvgIpc) is 2.90. The van der Waals surface area contributed by atoms with Crippen LogP contribution in [0.3, 0.4) is 0 Å². The zero-order valence-corrected chi connectivity index (χ0v) is 10.7. The maximum absolute atomic E-state index is 12.0. The number of rotatable bonds is 4. The molecule has 0 radical (unpaired) electrons. The van der Waals surface area contributed by atoms with Gasteiger partial charge in [0.1, 0.15) is 0 Å². The lowest BCUT2D eigenvalue weighted by molar-refractivity contribution is -0.131. The number of nitrogens with zero attached hydrogens (tertiary/aromatic N) is 3. The summed E-state index contributed by atoms with van der Waals surface area (Å²) in [5.74, 6) is 0.889. The van der Waals surface area contributed by atoms with E-state index in [1.807, 2.05) is 31.4 Å². The van der Waals surface area contributed by atoms with Crippen molar-refractivity contribution in [1.29, 1.82) is 0 Å².